The van der Waals surface area contributed by atoms with E-state index in [0.29, 0.717) is 12.1 Å². The summed E-state index contributed by atoms with van der Waals surface area (Å²) in [4.78, 5) is 14.7. The Hall–Kier alpha value is -3.53. The SMILES string of the molecule is COc1cccc(CN2C(=O)C(O)=C(c3ccccc3)[C@@H]2c2ccccc2)c1. The zero-order valence-electron chi connectivity index (χ0n) is 15.6. The van der Waals surface area contributed by atoms with Crippen LogP contribution in [0, 0.1) is 0 Å². The molecule has 4 heteroatoms. The maximum Gasteiger partial charge on any atom is 0.290 e. The van der Waals surface area contributed by atoms with Gasteiger partial charge in [0.25, 0.3) is 5.91 Å². The molecule has 0 saturated carbocycles. The molecule has 0 radical (unpaired) electrons. The Morgan fingerprint density at radius 1 is 0.929 bits per heavy atom. The molecule has 28 heavy (non-hydrogen) atoms. The predicted octanol–water partition coefficient (Wildman–Crippen LogP) is 4.75. The summed E-state index contributed by atoms with van der Waals surface area (Å²) in [7, 11) is 1.62. The van der Waals surface area contributed by atoms with Crippen molar-refractivity contribution < 1.29 is 14.6 Å². The Bertz CT molecular complexity index is 1010. The van der Waals surface area contributed by atoms with E-state index in [1.165, 1.54) is 0 Å². The van der Waals surface area contributed by atoms with Gasteiger partial charge in [-0.05, 0) is 28.8 Å². The molecule has 1 aliphatic heterocycles. The van der Waals surface area contributed by atoms with Gasteiger partial charge in [-0.25, -0.2) is 0 Å². The summed E-state index contributed by atoms with van der Waals surface area (Å²) in [6.07, 6.45) is 0. The van der Waals surface area contributed by atoms with Gasteiger partial charge in [-0.1, -0.05) is 72.8 Å². The van der Waals surface area contributed by atoms with Crippen molar-refractivity contribution in [2.24, 2.45) is 0 Å². The number of carbonyl (C=O) groups excluding carboxylic acids is 1. The molecule has 0 unspecified atom stereocenters. The number of carbonyl (C=O) groups is 1. The van der Waals surface area contributed by atoms with Crippen molar-refractivity contribution in [3.05, 3.63) is 107 Å². The Balaban J connectivity index is 1.78. The van der Waals surface area contributed by atoms with Crippen molar-refractivity contribution >= 4 is 11.5 Å². The smallest absolute Gasteiger partial charge is 0.290 e. The summed E-state index contributed by atoms with van der Waals surface area (Å²) in [6.45, 7) is 0.371. The standard InChI is InChI=1S/C24H21NO3/c1-28-20-14-8-9-17(15-20)16-25-22(19-12-6-3-7-13-19)21(23(26)24(25)27)18-10-4-2-5-11-18/h2-15,22,26H,16H2,1H3/t22-/m0/s1. The third-order valence-corrected chi connectivity index (χ3v) is 4.99. The van der Waals surface area contributed by atoms with E-state index in [0.717, 1.165) is 22.4 Å². The van der Waals surface area contributed by atoms with Crippen LogP contribution >= 0.6 is 0 Å². The number of ether oxygens (including phenoxy) is 1. The molecule has 1 N–H and O–H groups in total. The van der Waals surface area contributed by atoms with Gasteiger partial charge in [0.1, 0.15) is 5.75 Å². The summed E-state index contributed by atoms with van der Waals surface area (Å²) in [5.74, 6) is 0.180. The van der Waals surface area contributed by atoms with Gasteiger partial charge in [0.05, 0.1) is 13.2 Å². The summed E-state index contributed by atoms with van der Waals surface area (Å²) in [5, 5.41) is 10.8. The molecule has 140 valence electrons. The fourth-order valence-corrected chi connectivity index (χ4v) is 3.68. The number of aliphatic hydroxyl groups is 1. The highest BCUT2D eigenvalue weighted by Gasteiger charge is 2.40. The molecule has 3 aromatic carbocycles. The van der Waals surface area contributed by atoms with Gasteiger partial charge in [0.15, 0.2) is 5.76 Å². The number of benzene rings is 3. The van der Waals surface area contributed by atoms with Crippen LogP contribution in [0.4, 0.5) is 0 Å². The Kier molecular flexibility index (Phi) is 4.85. The van der Waals surface area contributed by atoms with Crippen molar-refractivity contribution in [1.82, 2.24) is 4.90 Å². The van der Waals surface area contributed by atoms with Gasteiger partial charge in [0, 0.05) is 12.1 Å². The van der Waals surface area contributed by atoms with Crippen LogP contribution in [0.2, 0.25) is 0 Å². The molecule has 0 aromatic heterocycles. The summed E-state index contributed by atoms with van der Waals surface area (Å²) >= 11 is 0. The van der Waals surface area contributed by atoms with E-state index in [1.54, 1.807) is 12.0 Å². The van der Waals surface area contributed by atoms with Gasteiger partial charge < -0.3 is 14.7 Å². The second-order valence-corrected chi connectivity index (χ2v) is 6.73. The van der Waals surface area contributed by atoms with Crippen molar-refractivity contribution in [2.75, 3.05) is 7.11 Å². The molecule has 0 spiro atoms. The quantitative estimate of drug-likeness (QED) is 0.704. The van der Waals surface area contributed by atoms with Crippen LogP contribution in [-0.2, 0) is 11.3 Å². The lowest BCUT2D eigenvalue weighted by Crippen LogP contribution is -2.29. The lowest BCUT2D eigenvalue weighted by atomic mass is 9.93. The summed E-state index contributed by atoms with van der Waals surface area (Å²) < 4.78 is 5.31. The third-order valence-electron chi connectivity index (χ3n) is 4.99. The highest BCUT2D eigenvalue weighted by molar-refractivity contribution is 6.05. The van der Waals surface area contributed by atoms with E-state index in [4.69, 9.17) is 4.74 Å². The molecule has 1 aliphatic rings. The minimum atomic E-state index is -0.365. The lowest BCUT2D eigenvalue weighted by Gasteiger charge is -2.27. The fraction of sp³-hybridized carbons (Fsp3) is 0.125. The van der Waals surface area contributed by atoms with Crippen LogP contribution in [-0.4, -0.2) is 23.0 Å². The molecule has 0 bridgehead atoms. The van der Waals surface area contributed by atoms with E-state index in [2.05, 4.69) is 0 Å². The normalized spacial score (nSPS) is 16.5. The number of hydrogen-bond donors (Lipinski definition) is 1. The number of amides is 1. The van der Waals surface area contributed by atoms with Crippen LogP contribution in [0.25, 0.3) is 5.57 Å². The molecule has 1 heterocycles. The minimum absolute atomic E-state index is 0.192. The van der Waals surface area contributed by atoms with Gasteiger partial charge >= 0.3 is 0 Å². The first-order chi connectivity index (χ1) is 13.7. The average molecular weight is 371 g/mol. The first-order valence-electron chi connectivity index (χ1n) is 9.16. The number of nitrogens with zero attached hydrogens (tertiary/aromatic N) is 1. The predicted molar refractivity (Wildman–Crippen MR) is 109 cm³/mol. The zero-order valence-corrected chi connectivity index (χ0v) is 15.6. The van der Waals surface area contributed by atoms with Crippen molar-refractivity contribution in [3.63, 3.8) is 0 Å². The molecule has 1 amide bonds. The van der Waals surface area contributed by atoms with Gasteiger partial charge in [0.2, 0.25) is 0 Å². The van der Waals surface area contributed by atoms with E-state index in [-0.39, 0.29) is 17.7 Å². The lowest BCUT2D eigenvalue weighted by molar-refractivity contribution is -0.130. The molecule has 1 atom stereocenters. The van der Waals surface area contributed by atoms with Crippen molar-refractivity contribution in [1.29, 1.82) is 0 Å². The zero-order chi connectivity index (χ0) is 19.5. The monoisotopic (exact) mass is 371 g/mol. The number of aliphatic hydroxyl groups excluding tert-OH is 1. The van der Waals surface area contributed by atoms with Crippen LogP contribution in [0.1, 0.15) is 22.7 Å². The average Bonchev–Trinajstić information content (AvgIpc) is 3.00. The Morgan fingerprint density at radius 2 is 1.61 bits per heavy atom. The summed E-state index contributed by atoms with van der Waals surface area (Å²) in [5.41, 5.74) is 3.38. The van der Waals surface area contributed by atoms with Gasteiger partial charge in [-0.15, -0.1) is 0 Å². The molecule has 0 aliphatic carbocycles. The molecule has 4 nitrogen and oxygen atoms in total. The second-order valence-electron chi connectivity index (χ2n) is 6.73. The van der Waals surface area contributed by atoms with E-state index >= 15 is 0 Å². The molecular formula is C24H21NO3. The van der Waals surface area contributed by atoms with Crippen LogP contribution < -0.4 is 4.74 Å². The molecule has 4 rings (SSSR count). The maximum absolute atomic E-state index is 13.0. The van der Waals surface area contributed by atoms with Crippen molar-refractivity contribution in [3.8, 4) is 5.75 Å². The Labute approximate surface area is 164 Å². The van der Waals surface area contributed by atoms with Gasteiger partial charge in [-0.2, -0.15) is 0 Å². The van der Waals surface area contributed by atoms with Gasteiger partial charge in [-0.3, -0.25) is 4.79 Å². The molecule has 3 aromatic rings. The Morgan fingerprint density at radius 3 is 2.29 bits per heavy atom. The second kappa shape index (κ2) is 7.61. The van der Waals surface area contributed by atoms with Crippen LogP contribution in [0.5, 0.6) is 5.75 Å². The number of methoxy groups -OCH3 is 1. The molecule has 0 fully saturated rings. The summed E-state index contributed by atoms with van der Waals surface area (Å²) in [6, 6.07) is 26.7. The van der Waals surface area contributed by atoms with Crippen LogP contribution in [0.3, 0.4) is 0 Å². The molecule has 0 saturated heterocycles. The number of hydrogen-bond acceptors (Lipinski definition) is 3. The van der Waals surface area contributed by atoms with Crippen LogP contribution in [0.15, 0.2) is 90.7 Å². The molecular weight excluding hydrogens is 350 g/mol. The fourth-order valence-electron chi connectivity index (χ4n) is 3.68. The number of rotatable bonds is 5. The van der Waals surface area contributed by atoms with E-state index in [1.807, 2.05) is 84.9 Å². The third kappa shape index (κ3) is 3.25. The highest BCUT2D eigenvalue weighted by Crippen LogP contribution is 2.43. The topological polar surface area (TPSA) is 49.8 Å². The maximum atomic E-state index is 13.0. The first kappa shape index (κ1) is 17.9. The minimum Gasteiger partial charge on any atom is -0.503 e. The van der Waals surface area contributed by atoms with Crippen molar-refractivity contribution in [2.45, 2.75) is 12.6 Å². The van der Waals surface area contributed by atoms with E-state index < -0.39 is 0 Å². The highest BCUT2D eigenvalue weighted by atomic mass is 16.5. The van der Waals surface area contributed by atoms with E-state index in [9.17, 15) is 9.90 Å². The first-order valence-corrected chi connectivity index (χ1v) is 9.16. The largest absolute Gasteiger partial charge is 0.503 e.